The maximum Gasteiger partial charge on any atom is 0.318 e. The molecule has 6 heterocycles. The van der Waals surface area contributed by atoms with E-state index >= 15 is 8.78 Å². The highest BCUT2D eigenvalue weighted by Crippen LogP contribution is 2.42. The lowest BCUT2D eigenvalue weighted by Crippen LogP contribution is -2.50. The monoisotopic (exact) mass is 986 g/mol. The second-order valence-corrected chi connectivity index (χ2v) is 19.9. The molecule has 6 atom stereocenters. The summed E-state index contributed by atoms with van der Waals surface area (Å²) in [4.78, 5) is 72.7. The summed E-state index contributed by atoms with van der Waals surface area (Å²) in [6.45, 7) is 3.15. The molecule has 362 valence electrons. The third-order valence-electron chi connectivity index (χ3n) is 13.2. The number of rotatable bonds is 11. The van der Waals surface area contributed by atoms with Gasteiger partial charge in [-0.1, -0.05) is 109 Å². The zero-order valence-electron chi connectivity index (χ0n) is 38.2. The van der Waals surface area contributed by atoms with Crippen LogP contribution in [0.15, 0.2) is 122 Å². The Balaban J connectivity index is 0.804. The molecular formula is C52H52F2N8O6S2. The van der Waals surface area contributed by atoms with Crippen molar-refractivity contribution in [3.05, 3.63) is 143 Å². The van der Waals surface area contributed by atoms with Gasteiger partial charge in [0.05, 0.1) is 61.4 Å². The zero-order chi connectivity index (χ0) is 48.1. The standard InChI is InChI=1S/C52H52F2N8O6S2/c53-39-27-41(61(31-39)49(63)45(37-7-3-1-4-8-37)57-51(65)59-19-23-67-24-20-59)47-55-29-43(69-47)35-15-11-33(12-16-35)34-13-17-36(18-14-34)44-30-56-48(70-44)42-28-40(54)32-62(42)50(64)46(38-9-5-2-6-10-38)58-52(66)60-21-25-68-26-22-60/h1-18,29-30,39-42,45-46H,19-28,31-32H2,(H,57,65)(H,58,66)/t39-,40-,41-,42-,45+,46+/m0/s1. The van der Waals surface area contributed by atoms with E-state index in [1.54, 1.807) is 46.5 Å². The average molecular weight is 987 g/mol. The Hall–Kier alpha value is -6.60. The van der Waals surface area contributed by atoms with Gasteiger partial charge in [-0.15, -0.1) is 22.7 Å². The normalized spacial score (nSPS) is 21.3. The number of halogens is 2. The van der Waals surface area contributed by atoms with Gasteiger partial charge in [0, 0.05) is 51.4 Å². The van der Waals surface area contributed by atoms with Gasteiger partial charge >= 0.3 is 12.1 Å². The van der Waals surface area contributed by atoms with E-state index in [-0.39, 0.29) is 49.8 Å². The predicted molar refractivity (Wildman–Crippen MR) is 262 cm³/mol. The third kappa shape index (κ3) is 10.3. The predicted octanol–water partition coefficient (Wildman–Crippen LogP) is 8.39. The number of nitrogens with one attached hydrogen (secondary N) is 2. The number of amides is 6. The van der Waals surface area contributed by atoms with Gasteiger partial charge in [-0.25, -0.2) is 28.3 Å². The molecule has 14 nitrogen and oxygen atoms in total. The van der Waals surface area contributed by atoms with Crippen molar-refractivity contribution in [1.29, 1.82) is 0 Å². The minimum absolute atomic E-state index is 0.0968. The number of thiazole rings is 2. The summed E-state index contributed by atoms with van der Waals surface area (Å²) in [5.74, 6) is -0.771. The Labute approximate surface area is 412 Å². The number of likely N-dealkylation sites (tertiary alicyclic amines) is 2. The number of morpholine rings is 2. The molecule has 4 aliphatic heterocycles. The molecule has 2 aromatic heterocycles. The summed E-state index contributed by atoms with van der Waals surface area (Å²) >= 11 is 2.84. The average Bonchev–Trinajstić information content (AvgIpc) is 4.25. The topological polar surface area (TPSA) is 150 Å². The Morgan fingerprint density at radius 2 is 0.886 bits per heavy atom. The van der Waals surface area contributed by atoms with E-state index in [0.717, 1.165) is 32.0 Å². The number of carbonyl (C=O) groups is 4. The van der Waals surface area contributed by atoms with Gasteiger partial charge in [-0.2, -0.15) is 0 Å². The molecule has 70 heavy (non-hydrogen) atoms. The Morgan fingerprint density at radius 1 is 0.529 bits per heavy atom. The first kappa shape index (κ1) is 47.1. The van der Waals surface area contributed by atoms with Crippen LogP contribution in [0.2, 0.25) is 0 Å². The number of hydrogen-bond acceptors (Lipinski definition) is 10. The molecule has 4 fully saturated rings. The lowest BCUT2D eigenvalue weighted by Gasteiger charge is -2.32. The molecule has 6 aromatic rings. The van der Waals surface area contributed by atoms with Gasteiger partial charge in [-0.05, 0) is 33.4 Å². The molecule has 2 N–H and O–H groups in total. The van der Waals surface area contributed by atoms with Crippen molar-refractivity contribution >= 4 is 46.6 Å². The van der Waals surface area contributed by atoms with Crippen molar-refractivity contribution in [2.24, 2.45) is 0 Å². The van der Waals surface area contributed by atoms with E-state index in [1.165, 1.54) is 32.5 Å². The van der Waals surface area contributed by atoms with E-state index in [4.69, 9.17) is 19.4 Å². The summed E-state index contributed by atoms with van der Waals surface area (Å²) in [5.41, 5.74) is 5.07. The fraction of sp³-hybridized carbons (Fsp3) is 0.346. The van der Waals surface area contributed by atoms with Gasteiger partial charge in [0.25, 0.3) is 11.8 Å². The van der Waals surface area contributed by atoms with E-state index in [9.17, 15) is 19.2 Å². The summed E-state index contributed by atoms with van der Waals surface area (Å²) in [6.07, 6.45) is 1.26. The van der Waals surface area contributed by atoms with Crippen molar-refractivity contribution in [2.45, 2.75) is 49.4 Å². The van der Waals surface area contributed by atoms with Crippen LogP contribution in [0.25, 0.3) is 32.0 Å². The lowest BCUT2D eigenvalue weighted by atomic mass is 10.0. The van der Waals surface area contributed by atoms with E-state index < -0.39 is 36.5 Å². The van der Waals surface area contributed by atoms with E-state index in [2.05, 4.69) is 10.6 Å². The third-order valence-corrected chi connectivity index (χ3v) is 15.5. The Morgan fingerprint density at radius 3 is 1.26 bits per heavy atom. The molecule has 0 unspecified atom stereocenters. The van der Waals surface area contributed by atoms with Crippen molar-refractivity contribution in [1.82, 2.24) is 40.2 Å². The number of alkyl halides is 2. The molecule has 6 amide bonds. The van der Waals surface area contributed by atoms with Crippen molar-refractivity contribution in [2.75, 3.05) is 65.7 Å². The number of hydrogen-bond donors (Lipinski definition) is 2. The van der Waals surface area contributed by atoms with Gasteiger partial charge < -0.3 is 39.7 Å². The number of urea groups is 2. The van der Waals surface area contributed by atoms with Crippen LogP contribution < -0.4 is 10.6 Å². The summed E-state index contributed by atoms with van der Waals surface area (Å²) in [6, 6.07) is 30.3. The molecular weight excluding hydrogens is 935 g/mol. The Bertz CT molecular complexity index is 2580. The largest absolute Gasteiger partial charge is 0.378 e. The van der Waals surface area contributed by atoms with Crippen LogP contribution in [0.3, 0.4) is 0 Å². The van der Waals surface area contributed by atoms with Crippen LogP contribution in [0, 0.1) is 0 Å². The van der Waals surface area contributed by atoms with Crippen LogP contribution in [0.1, 0.15) is 58.2 Å². The van der Waals surface area contributed by atoms with Gasteiger partial charge in [0.1, 0.15) is 34.4 Å². The van der Waals surface area contributed by atoms with Crippen LogP contribution >= 0.6 is 22.7 Å². The quantitative estimate of drug-likeness (QED) is 0.132. The van der Waals surface area contributed by atoms with E-state index in [1.807, 2.05) is 84.9 Å². The fourth-order valence-electron chi connectivity index (χ4n) is 9.49. The van der Waals surface area contributed by atoms with Gasteiger partial charge in [-0.3, -0.25) is 9.59 Å². The molecule has 4 aromatic carbocycles. The minimum Gasteiger partial charge on any atom is -0.378 e. The summed E-state index contributed by atoms with van der Waals surface area (Å²) < 4.78 is 41.3. The highest BCUT2D eigenvalue weighted by atomic mass is 32.1. The summed E-state index contributed by atoms with van der Waals surface area (Å²) in [7, 11) is 0. The van der Waals surface area contributed by atoms with Crippen molar-refractivity contribution < 1.29 is 37.4 Å². The number of ether oxygens (including phenoxy) is 2. The molecule has 18 heteroatoms. The molecule has 10 rings (SSSR count). The molecule has 0 saturated carbocycles. The summed E-state index contributed by atoms with van der Waals surface area (Å²) in [5, 5.41) is 7.11. The second-order valence-electron chi connectivity index (χ2n) is 17.7. The lowest BCUT2D eigenvalue weighted by molar-refractivity contribution is -0.135. The highest BCUT2D eigenvalue weighted by Gasteiger charge is 2.43. The first-order valence-corrected chi connectivity index (χ1v) is 25.2. The van der Waals surface area contributed by atoms with Gasteiger partial charge in [0.15, 0.2) is 0 Å². The number of aromatic nitrogens is 2. The van der Waals surface area contributed by atoms with Crippen LogP contribution in [0.5, 0.6) is 0 Å². The van der Waals surface area contributed by atoms with Crippen molar-refractivity contribution in [3.63, 3.8) is 0 Å². The molecule has 0 spiro atoms. The SMILES string of the molecule is O=C(N[C@@H](C(=O)N1C[C@@H](F)C[C@H]1c1ncc(-c2ccc(-c3ccc(-c4cnc([C@@H]5C[C@H](F)CN5C(=O)[C@H](NC(=O)N5CCOCC5)c5ccccc5)s4)cc3)cc2)s1)c1ccccc1)N1CCOCC1. The highest BCUT2D eigenvalue weighted by molar-refractivity contribution is 7.15. The molecule has 4 aliphatic rings. The number of carbonyl (C=O) groups excluding carboxylic acids is 4. The first-order valence-electron chi connectivity index (χ1n) is 23.5. The van der Waals surface area contributed by atoms with Crippen LogP contribution in [-0.4, -0.2) is 131 Å². The Kier molecular flexibility index (Phi) is 14.2. The molecule has 4 saturated heterocycles. The maximum absolute atomic E-state index is 15.2. The van der Waals surface area contributed by atoms with E-state index in [0.29, 0.717) is 73.7 Å². The smallest absolute Gasteiger partial charge is 0.318 e. The second kappa shape index (κ2) is 21.2. The minimum atomic E-state index is -1.24. The molecule has 0 aliphatic carbocycles. The number of benzene rings is 4. The van der Waals surface area contributed by atoms with Crippen molar-refractivity contribution in [3.8, 4) is 32.0 Å². The molecule has 0 bridgehead atoms. The zero-order valence-corrected chi connectivity index (χ0v) is 39.8. The van der Waals surface area contributed by atoms with Crippen LogP contribution in [-0.2, 0) is 19.1 Å². The fourth-order valence-corrected chi connectivity index (χ4v) is 11.6. The first-order chi connectivity index (χ1) is 34.2. The number of nitrogens with zero attached hydrogens (tertiary/aromatic N) is 6. The molecule has 0 radical (unpaired) electrons. The van der Waals surface area contributed by atoms with Gasteiger partial charge in [0.2, 0.25) is 0 Å². The maximum atomic E-state index is 15.2. The van der Waals surface area contributed by atoms with Crippen LogP contribution in [0.4, 0.5) is 18.4 Å².